The molecule has 0 spiro atoms. The molecule has 0 aliphatic carbocycles. The number of nitrogens with zero attached hydrogens (tertiary/aromatic N) is 2. The maximum atomic E-state index is 14.2. The van der Waals surface area contributed by atoms with Crippen LogP contribution in [0.3, 0.4) is 0 Å². The number of sulfonamides is 1. The summed E-state index contributed by atoms with van der Waals surface area (Å²) in [5.41, 5.74) is 2.86. The molecule has 0 bridgehead atoms. The lowest BCUT2D eigenvalue weighted by Gasteiger charge is -2.34. The summed E-state index contributed by atoms with van der Waals surface area (Å²) in [4.78, 5) is 29.2. The lowest BCUT2D eigenvalue weighted by atomic mass is 10.1. The van der Waals surface area contributed by atoms with Gasteiger partial charge < -0.3 is 15.0 Å². The maximum Gasteiger partial charge on any atom is 0.264 e. The fourth-order valence-corrected chi connectivity index (χ4v) is 6.02. The minimum absolute atomic E-state index is 0.0700. The van der Waals surface area contributed by atoms with Gasteiger partial charge in [-0.3, -0.25) is 13.9 Å². The Balaban J connectivity index is 2.08. The molecule has 0 saturated carbocycles. The second-order valence-corrected chi connectivity index (χ2v) is 12.0. The third-order valence-electron chi connectivity index (χ3n) is 7.35. The van der Waals surface area contributed by atoms with Crippen molar-refractivity contribution in [1.29, 1.82) is 0 Å². The van der Waals surface area contributed by atoms with Gasteiger partial charge in [0, 0.05) is 12.6 Å². The Morgan fingerprint density at radius 3 is 2.15 bits per heavy atom. The number of benzene rings is 3. The third-order valence-corrected chi connectivity index (χ3v) is 9.13. The quantitative estimate of drug-likeness (QED) is 0.299. The molecule has 0 aliphatic rings. The average molecular weight is 580 g/mol. The second-order valence-electron chi connectivity index (χ2n) is 10.2. The van der Waals surface area contributed by atoms with Crippen molar-refractivity contribution >= 4 is 27.5 Å². The van der Waals surface area contributed by atoms with Gasteiger partial charge in [0.05, 0.1) is 17.7 Å². The lowest BCUT2D eigenvalue weighted by Crippen LogP contribution is -2.53. The van der Waals surface area contributed by atoms with Crippen LogP contribution in [0.1, 0.15) is 50.3 Å². The Bertz CT molecular complexity index is 1430. The van der Waals surface area contributed by atoms with Crippen LogP contribution in [0.4, 0.5) is 5.69 Å². The van der Waals surface area contributed by atoms with Crippen molar-refractivity contribution in [2.45, 2.75) is 71.0 Å². The zero-order valence-electron chi connectivity index (χ0n) is 24.8. The van der Waals surface area contributed by atoms with Crippen LogP contribution in [0, 0.1) is 13.8 Å². The Morgan fingerprint density at radius 2 is 1.56 bits per heavy atom. The predicted molar refractivity (Wildman–Crippen MR) is 162 cm³/mol. The molecule has 3 aromatic rings. The molecule has 220 valence electrons. The van der Waals surface area contributed by atoms with Gasteiger partial charge in [0.25, 0.3) is 10.0 Å². The van der Waals surface area contributed by atoms with E-state index in [2.05, 4.69) is 5.32 Å². The van der Waals surface area contributed by atoms with Gasteiger partial charge in [-0.2, -0.15) is 0 Å². The number of methoxy groups -OCH3 is 1. The minimum Gasteiger partial charge on any atom is -0.497 e. The van der Waals surface area contributed by atoms with E-state index in [4.69, 9.17) is 4.74 Å². The number of anilines is 1. The van der Waals surface area contributed by atoms with Crippen LogP contribution in [-0.4, -0.2) is 50.9 Å². The Kier molecular flexibility index (Phi) is 10.9. The molecule has 2 atom stereocenters. The Labute approximate surface area is 244 Å². The first-order valence-electron chi connectivity index (χ1n) is 13.9. The highest BCUT2D eigenvalue weighted by Gasteiger charge is 2.34. The maximum absolute atomic E-state index is 14.2. The van der Waals surface area contributed by atoms with Crippen molar-refractivity contribution in [2.75, 3.05) is 18.0 Å². The van der Waals surface area contributed by atoms with E-state index in [1.807, 2.05) is 52.8 Å². The van der Waals surface area contributed by atoms with Crippen molar-refractivity contribution in [1.82, 2.24) is 10.2 Å². The van der Waals surface area contributed by atoms with E-state index in [0.717, 1.165) is 27.4 Å². The molecular weight excluding hydrogens is 538 g/mol. The molecular formula is C32H41N3O5S. The first-order valence-corrected chi connectivity index (χ1v) is 15.3. The zero-order chi connectivity index (χ0) is 30.2. The highest BCUT2D eigenvalue weighted by molar-refractivity contribution is 7.92. The van der Waals surface area contributed by atoms with Crippen molar-refractivity contribution in [3.63, 3.8) is 0 Å². The zero-order valence-corrected chi connectivity index (χ0v) is 25.6. The summed E-state index contributed by atoms with van der Waals surface area (Å²) < 4.78 is 34.4. The number of carbonyl (C=O) groups is 2. The van der Waals surface area contributed by atoms with Crippen LogP contribution >= 0.6 is 0 Å². The van der Waals surface area contributed by atoms with E-state index in [1.54, 1.807) is 49.6 Å². The van der Waals surface area contributed by atoms with Gasteiger partial charge in [-0.1, -0.05) is 56.3 Å². The van der Waals surface area contributed by atoms with E-state index in [-0.39, 0.29) is 23.4 Å². The summed E-state index contributed by atoms with van der Waals surface area (Å²) in [6.45, 7) is 9.13. The number of aryl methyl sites for hydroxylation is 1. The Hall–Kier alpha value is -3.85. The molecule has 3 rings (SSSR count). The highest BCUT2D eigenvalue weighted by Crippen LogP contribution is 2.29. The summed E-state index contributed by atoms with van der Waals surface area (Å²) >= 11 is 0. The van der Waals surface area contributed by atoms with Gasteiger partial charge in [-0.15, -0.1) is 0 Å². The first-order chi connectivity index (χ1) is 19.5. The molecule has 0 radical (unpaired) electrons. The number of carbonyl (C=O) groups excluding carboxylic acids is 2. The largest absolute Gasteiger partial charge is 0.497 e. The SMILES string of the molecule is CCC(C)NC(=O)C(CC)N(Cc1ccc(OC)cc1)C(=O)CN(c1cccc(C)c1C)S(=O)(=O)c1ccccc1. The van der Waals surface area contributed by atoms with Crippen molar-refractivity contribution in [3.05, 3.63) is 89.5 Å². The van der Waals surface area contributed by atoms with E-state index in [1.165, 1.54) is 17.0 Å². The average Bonchev–Trinajstić information content (AvgIpc) is 2.97. The lowest BCUT2D eigenvalue weighted by molar-refractivity contribution is -0.140. The minimum atomic E-state index is -4.11. The van der Waals surface area contributed by atoms with Crippen LogP contribution in [0.25, 0.3) is 0 Å². The van der Waals surface area contributed by atoms with Crippen LogP contribution < -0.4 is 14.4 Å². The summed E-state index contributed by atoms with van der Waals surface area (Å²) in [7, 11) is -2.54. The molecule has 0 heterocycles. The van der Waals surface area contributed by atoms with Crippen molar-refractivity contribution in [2.24, 2.45) is 0 Å². The summed E-state index contributed by atoms with van der Waals surface area (Å²) in [6.07, 6.45) is 1.10. The topological polar surface area (TPSA) is 96.0 Å². The van der Waals surface area contributed by atoms with E-state index >= 15 is 0 Å². The van der Waals surface area contributed by atoms with Gasteiger partial charge >= 0.3 is 0 Å². The Morgan fingerprint density at radius 1 is 0.902 bits per heavy atom. The summed E-state index contributed by atoms with van der Waals surface area (Å²) in [5, 5.41) is 2.99. The number of hydrogen-bond donors (Lipinski definition) is 1. The smallest absolute Gasteiger partial charge is 0.264 e. The van der Waals surface area contributed by atoms with Crippen LogP contribution in [0.15, 0.2) is 77.7 Å². The van der Waals surface area contributed by atoms with Crippen molar-refractivity contribution in [3.8, 4) is 5.75 Å². The molecule has 1 N–H and O–H groups in total. The summed E-state index contributed by atoms with van der Waals surface area (Å²) in [5.74, 6) is -0.0801. The number of rotatable bonds is 13. The molecule has 8 nitrogen and oxygen atoms in total. The summed E-state index contributed by atoms with van der Waals surface area (Å²) in [6, 6.07) is 19.8. The fraction of sp³-hybridized carbons (Fsp3) is 0.375. The molecule has 2 unspecified atom stereocenters. The number of ether oxygens (including phenoxy) is 1. The van der Waals surface area contributed by atoms with Gasteiger partial charge in [-0.05, 0) is 80.6 Å². The molecule has 0 aromatic heterocycles. The molecule has 0 saturated heterocycles. The molecule has 2 amide bonds. The molecule has 41 heavy (non-hydrogen) atoms. The third kappa shape index (κ3) is 7.67. The second kappa shape index (κ2) is 14.2. The fourth-order valence-electron chi connectivity index (χ4n) is 4.53. The standard InChI is InChI=1S/C32H41N3O5S/c1-7-24(4)33-32(37)29(8-2)34(21-26-17-19-27(40-6)20-18-26)31(36)22-35(30-16-12-13-23(3)25(30)5)41(38,39)28-14-10-9-11-15-28/h9-20,24,29H,7-8,21-22H2,1-6H3,(H,33,37). The van der Waals surface area contributed by atoms with Crippen molar-refractivity contribution < 1.29 is 22.7 Å². The predicted octanol–water partition coefficient (Wildman–Crippen LogP) is 5.23. The van der Waals surface area contributed by atoms with E-state index in [9.17, 15) is 18.0 Å². The van der Waals surface area contributed by atoms with Gasteiger partial charge in [0.15, 0.2) is 0 Å². The number of nitrogens with one attached hydrogen (secondary N) is 1. The van der Waals surface area contributed by atoms with Crippen LogP contribution in [-0.2, 0) is 26.2 Å². The molecule has 9 heteroatoms. The molecule has 0 aliphatic heterocycles. The normalized spacial score (nSPS) is 12.7. The van der Waals surface area contributed by atoms with Gasteiger partial charge in [0.1, 0.15) is 18.3 Å². The number of hydrogen-bond acceptors (Lipinski definition) is 5. The first kappa shape index (κ1) is 31.7. The molecule has 0 fully saturated rings. The number of amides is 2. The van der Waals surface area contributed by atoms with Gasteiger partial charge in [0.2, 0.25) is 11.8 Å². The van der Waals surface area contributed by atoms with E-state index in [0.29, 0.717) is 17.9 Å². The molecule has 3 aromatic carbocycles. The monoisotopic (exact) mass is 579 g/mol. The van der Waals surface area contributed by atoms with Crippen LogP contribution in [0.5, 0.6) is 5.75 Å². The van der Waals surface area contributed by atoms with E-state index < -0.39 is 28.5 Å². The van der Waals surface area contributed by atoms with Crippen LogP contribution in [0.2, 0.25) is 0 Å². The highest BCUT2D eigenvalue weighted by atomic mass is 32.2. The van der Waals surface area contributed by atoms with Gasteiger partial charge in [-0.25, -0.2) is 8.42 Å².